The lowest BCUT2D eigenvalue weighted by Gasteiger charge is -2.44. The van der Waals surface area contributed by atoms with Crippen LogP contribution >= 0.6 is 37.2 Å². The minimum Gasteiger partial charge on any atom is -0.465 e. The summed E-state index contributed by atoms with van der Waals surface area (Å²) in [4.78, 5) is 78.7. The highest BCUT2D eigenvalue weighted by atomic mass is 35.5. The molecule has 2 N–H and O–H groups in total. The average Bonchev–Trinajstić information content (AvgIpc) is 1.59. The van der Waals surface area contributed by atoms with Gasteiger partial charge in [-0.1, -0.05) is 84.9 Å². The highest BCUT2D eigenvalue weighted by Crippen LogP contribution is 2.49. The number of carbonyl (C=O) groups is 5. The van der Waals surface area contributed by atoms with Crippen LogP contribution in [0.25, 0.3) is 11.1 Å². The normalized spacial score (nSPS) is 17.8. The van der Waals surface area contributed by atoms with Gasteiger partial charge in [-0.2, -0.15) is 26.3 Å². The second kappa shape index (κ2) is 34.0. The third-order valence-corrected chi connectivity index (χ3v) is 19.3. The van der Waals surface area contributed by atoms with Crippen molar-refractivity contribution in [3.05, 3.63) is 190 Å². The molecule has 98 heavy (non-hydrogen) atoms. The van der Waals surface area contributed by atoms with Gasteiger partial charge in [0.1, 0.15) is 24.8 Å². The number of likely N-dealkylation sites (N-methyl/N-ethyl adjacent to an activating group) is 2. The highest BCUT2D eigenvalue weighted by Gasteiger charge is 2.50. The lowest BCUT2D eigenvalue weighted by atomic mass is 9.72. The molecule has 0 unspecified atom stereocenters. The predicted molar refractivity (Wildman–Crippen MR) is 368 cm³/mol. The van der Waals surface area contributed by atoms with Gasteiger partial charge in [-0.05, 0) is 147 Å². The van der Waals surface area contributed by atoms with Gasteiger partial charge in [0.15, 0.2) is 0 Å². The number of fused-ring (bicyclic) bond motifs is 2. The summed E-state index contributed by atoms with van der Waals surface area (Å²) in [6.45, 7) is 4.86. The summed E-state index contributed by atoms with van der Waals surface area (Å²) in [6.07, 6.45) is -6.53. The number of hydrogen-bond donors (Lipinski definition) is 2. The number of halogens is 10. The summed E-state index contributed by atoms with van der Waals surface area (Å²) in [6, 6.07) is 38.8. The van der Waals surface area contributed by atoms with Gasteiger partial charge in [-0.25, -0.2) is 9.18 Å². The molecule has 4 aliphatic rings. The van der Waals surface area contributed by atoms with Gasteiger partial charge in [0.05, 0.1) is 29.5 Å². The smallest absolute Gasteiger partial charge is 0.416 e. The Morgan fingerprint density at radius 2 is 1.27 bits per heavy atom. The zero-order chi connectivity index (χ0) is 67.7. The molecule has 0 bridgehead atoms. The molecule has 3 fully saturated rings. The standard InChI is InChI=1S/C72H81F7N8O8.3ClH/c1-81(34-12-35-83(3)66(90)51-20-26-58(27-21-51)80-33-11-19-64(88)82(2)41-42-84-36-28-59(29-37-84)87(68(92)93)62-18-10-8-16-60(62)50-13-5-4-6-14-50)65(89)47-94-63-45-52-15-7-9-17-61(52)69(63)30-38-85(39-31-69)40-32-70(54-22-24-57(73)25-23-54)48-86(49-95-70)67(91)53-43-55(71(74,75)76)46-56(44-53)72(77,78)79;;;/h4-10,13-18,20-27,43-44,46,59,63,80H,11-12,19,28-42,45,47-49H2,1-3H3,(H,92,93);3*1H/t63-,70+;;;/m0.../s1. The highest BCUT2D eigenvalue weighted by molar-refractivity contribution is 5.96. The lowest BCUT2D eigenvalue weighted by molar-refractivity contribution is -0.143. The number of carbonyl (C=O) groups excluding carboxylic acids is 4. The van der Waals surface area contributed by atoms with Crippen molar-refractivity contribution in [2.75, 3.05) is 117 Å². The quantitative estimate of drug-likeness (QED) is 0.0439. The molecule has 16 nitrogen and oxygen atoms in total. The maximum absolute atomic E-state index is 14.2. The minimum atomic E-state index is -5.15. The fraction of sp³-hybridized carbons (Fsp3) is 0.431. The van der Waals surface area contributed by atoms with Gasteiger partial charge in [-0.15, -0.1) is 37.2 Å². The second-order valence-corrected chi connectivity index (χ2v) is 25.4. The number of hydrogen-bond acceptors (Lipinski definition) is 10. The molecular formula is C72H84Cl3F7N8O8. The summed E-state index contributed by atoms with van der Waals surface area (Å²) in [7, 11) is 5.24. The SMILES string of the molecule is CN(CCN1CCC(N(C(=O)O)c2ccccc2-c2ccccc2)CC1)C(=O)CCCNc1ccc(C(=O)N(C)CCCN(C)C(=O)CO[C@H]2Cc3ccccc3C23CCN(CC[C@]2(c4ccc(F)cc4)CN(C(=O)c4cc(C(F)(F)F)cc(C(F)(F)F)c4)CO2)CC3)cc1.Cl.Cl.Cl. The summed E-state index contributed by atoms with van der Waals surface area (Å²) < 4.78 is 110. The second-order valence-electron chi connectivity index (χ2n) is 25.4. The Morgan fingerprint density at radius 1 is 0.663 bits per heavy atom. The van der Waals surface area contributed by atoms with Gasteiger partial charge < -0.3 is 49.3 Å². The van der Waals surface area contributed by atoms with Crippen LogP contribution in [0.3, 0.4) is 0 Å². The van der Waals surface area contributed by atoms with E-state index in [-0.39, 0.29) is 92.7 Å². The first-order valence-electron chi connectivity index (χ1n) is 32.3. The molecule has 6 aromatic carbocycles. The van der Waals surface area contributed by atoms with E-state index in [1.165, 1.54) is 29.2 Å². The Bertz CT molecular complexity index is 3630. The number of nitrogens with one attached hydrogen (secondary N) is 1. The van der Waals surface area contributed by atoms with Crippen molar-refractivity contribution in [1.82, 2.24) is 29.4 Å². The molecule has 6 aromatic rings. The van der Waals surface area contributed by atoms with Crippen LogP contribution in [0.4, 0.5) is 46.9 Å². The van der Waals surface area contributed by atoms with Crippen LogP contribution in [0.5, 0.6) is 0 Å². The maximum Gasteiger partial charge on any atom is 0.416 e. The molecule has 3 saturated heterocycles. The third kappa shape index (κ3) is 18.7. The molecule has 26 heteroatoms. The largest absolute Gasteiger partial charge is 0.465 e. The first-order chi connectivity index (χ1) is 45.4. The monoisotopic (exact) mass is 1430 g/mol. The van der Waals surface area contributed by atoms with E-state index in [2.05, 4.69) is 27.2 Å². The molecule has 2 atom stereocenters. The van der Waals surface area contributed by atoms with Crippen molar-refractivity contribution >= 4 is 78.3 Å². The number of piperidine rings is 2. The zero-order valence-corrected chi connectivity index (χ0v) is 57.3. The van der Waals surface area contributed by atoms with Crippen LogP contribution in [-0.2, 0) is 48.9 Å². The van der Waals surface area contributed by atoms with Crippen molar-refractivity contribution < 1.29 is 69.3 Å². The van der Waals surface area contributed by atoms with E-state index < -0.39 is 64.6 Å². The number of benzene rings is 6. The Balaban J connectivity index is 0.00000451. The molecule has 0 radical (unpaired) electrons. The summed E-state index contributed by atoms with van der Waals surface area (Å²) in [5, 5.41) is 13.7. The fourth-order valence-electron chi connectivity index (χ4n) is 13.8. The average molecular weight is 1430 g/mol. The van der Waals surface area contributed by atoms with Crippen molar-refractivity contribution in [3.8, 4) is 11.1 Å². The van der Waals surface area contributed by atoms with E-state index in [4.69, 9.17) is 9.47 Å². The van der Waals surface area contributed by atoms with Crippen LogP contribution in [0.15, 0.2) is 146 Å². The maximum atomic E-state index is 14.2. The van der Waals surface area contributed by atoms with E-state index in [0.29, 0.717) is 133 Å². The Hall–Kier alpha value is -7.51. The van der Waals surface area contributed by atoms with Crippen molar-refractivity contribution in [2.24, 2.45) is 0 Å². The van der Waals surface area contributed by atoms with E-state index in [1.807, 2.05) is 85.9 Å². The molecule has 0 saturated carbocycles. The van der Waals surface area contributed by atoms with Gasteiger partial charge >= 0.3 is 18.4 Å². The van der Waals surface area contributed by atoms with Crippen LogP contribution in [-0.4, -0.2) is 183 Å². The number of nitrogens with zero attached hydrogens (tertiary/aromatic N) is 7. The molecule has 10 rings (SSSR count). The molecule has 530 valence electrons. The molecule has 3 heterocycles. The number of ether oxygens (including phenoxy) is 2. The Kier molecular flexibility index (Phi) is 27.0. The van der Waals surface area contributed by atoms with E-state index in [0.717, 1.165) is 45.9 Å². The number of para-hydroxylation sites is 1. The van der Waals surface area contributed by atoms with E-state index >= 15 is 0 Å². The van der Waals surface area contributed by atoms with Gasteiger partial charge in [0.2, 0.25) is 11.8 Å². The first-order valence-corrected chi connectivity index (χ1v) is 32.3. The minimum absolute atomic E-state index is 0. The van der Waals surface area contributed by atoms with Gasteiger partial charge in [0.25, 0.3) is 11.8 Å². The molecule has 5 amide bonds. The van der Waals surface area contributed by atoms with Crippen molar-refractivity contribution in [2.45, 2.75) is 93.3 Å². The number of alkyl halides is 6. The third-order valence-electron chi connectivity index (χ3n) is 19.3. The van der Waals surface area contributed by atoms with Crippen LogP contribution in [0, 0.1) is 5.82 Å². The number of amides is 5. The Labute approximate surface area is 585 Å². The lowest BCUT2D eigenvalue weighted by Crippen LogP contribution is -2.50. The number of carboxylic acid groups (broad SMARTS) is 1. The topological polar surface area (TPSA) is 159 Å². The molecule has 3 aliphatic heterocycles. The van der Waals surface area contributed by atoms with Crippen LogP contribution in [0.1, 0.15) is 99.9 Å². The number of likely N-dealkylation sites (tertiary alicyclic amines) is 2. The van der Waals surface area contributed by atoms with E-state index in [1.54, 1.807) is 40.9 Å². The first kappa shape index (κ1) is 77.8. The molecule has 1 spiro atoms. The Morgan fingerprint density at radius 3 is 1.92 bits per heavy atom. The molecular weight excluding hydrogens is 1340 g/mol. The van der Waals surface area contributed by atoms with Gasteiger partial charge in [-0.3, -0.25) is 24.1 Å². The van der Waals surface area contributed by atoms with Crippen molar-refractivity contribution in [3.63, 3.8) is 0 Å². The zero-order valence-electron chi connectivity index (χ0n) is 54.9. The predicted octanol–water partition coefficient (Wildman–Crippen LogP) is 13.4. The summed E-state index contributed by atoms with van der Waals surface area (Å²) >= 11 is 0. The summed E-state index contributed by atoms with van der Waals surface area (Å²) in [5.41, 5.74) is 0.928. The molecule has 0 aromatic heterocycles. The molecule has 1 aliphatic carbocycles. The van der Waals surface area contributed by atoms with Gasteiger partial charge in [0, 0.05) is 114 Å². The van der Waals surface area contributed by atoms with E-state index in [9.17, 15) is 59.8 Å². The van der Waals surface area contributed by atoms with Crippen LogP contribution < -0.4 is 10.2 Å². The van der Waals surface area contributed by atoms with Crippen molar-refractivity contribution in [1.29, 1.82) is 0 Å². The number of rotatable bonds is 24. The van der Waals surface area contributed by atoms with Crippen LogP contribution in [0.2, 0.25) is 0 Å². The number of anilines is 2. The fourth-order valence-corrected chi connectivity index (χ4v) is 13.8. The summed E-state index contributed by atoms with van der Waals surface area (Å²) in [5.74, 6) is -1.94.